The number of nitrogens with one attached hydrogen (secondary N) is 1. The molecule has 0 aliphatic heterocycles. The van der Waals surface area contributed by atoms with Crippen LogP contribution in [0.15, 0.2) is 43.0 Å². The lowest BCUT2D eigenvalue weighted by Crippen LogP contribution is -2.33. The Hall–Kier alpha value is -2.75. The number of aromatic nitrogens is 4. The molecule has 0 bridgehead atoms. The molecule has 0 unspecified atom stereocenters. The molecule has 0 atom stereocenters. The molecule has 0 amide bonds. The Morgan fingerprint density at radius 3 is 2.25 bits per heavy atom. The van der Waals surface area contributed by atoms with E-state index in [-0.39, 0.29) is 10.8 Å². The SMILES string of the molecule is C=C(C)c1ccc(-c2nnn[nH]2)cc1-c1ccc2c(c1)C(C)(C)CCC2(C)C. The van der Waals surface area contributed by atoms with E-state index < -0.39 is 0 Å². The summed E-state index contributed by atoms with van der Waals surface area (Å²) in [6, 6.07) is 13.3. The predicted molar refractivity (Wildman–Crippen MR) is 115 cm³/mol. The van der Waals surface area contributed by atoms with Gasteiger partial charge in [0.2, 0.25) is 0 Å². The Bertz CT molecular complexity index is 1040. The molecule has 4 heteroatoms. The van der Waals surface area contributed by atoms with E-state index in [4.69, 9.17) is 0 Å². The van der Waals surface area contributed by atoms with Gasteiger partial charge in [0.25, 0.3) is 0 Å². The molecule has 144 valence electrons. The average Bonchev–Trinajstić information content (AvgIpc) is 3.19. The Morgan fingerprint density at radius 1 is 0.929 bits per heavy atom. The Balaban J connectivity index is 1.92. The van der Waals surface area contributed by atoms with Crippen LogP contribution in [-0.2, 0) is 10.8 Å². The molecule has 1 aliphatic carbocycles. The van der Waals surface area contributed by atoms with Crippen molar-refractivity contribution in [2.24, 2.45) is 0 Å². The van der Waals surface area contributed by atoms with Gasteiger partial charge in [-0.1, -0.05) is 70.2 Å². The zero-order valence-electron chi connectivity index (χ0n) is 17.4. The van der Waals surface area contributed by atoms with Crippen LogP contribution in [-0.4, -0.2) is 20.6 Å². The molecule has 4 nitrogen and oxygen atoms in total. The van der Waals surface area contributed by atoms with Crippen LogP contribution in [0.5, 0.6) is 0 Å². The largest absolute Gasteiger partial charge is 0.239 e. The first-order chi connectivity index (χ1) is 13.2. The topological polar surface area (TPSA) is 54.5 Å². The van der Waals surface area contributed by atoms with Gasteiger partial charge in [0, 0.05) is 5.56 Å². The Kier molecular flexibility index (Phi) is 4.25. The maximum atomic E-state index is 4.19. The minimum atomic E-state index is 0.177. The monoisotopic (exact) mass is 372 g/mol. The van der Waals surface area contributed by atoms with Gasteiger partial charge < -0.3 is 0 Å². The fourth-order valence-corrected chi connectivity index (χ4v) is 4.34. The normalized spacial score (nSPS) is 17.2. The predicted octanol–water partition coefficient (Wildman–Crippen LogP) is 5.92. The molecule has 0 spiro atoms. The number of hydrogen-bond acceptors (Lipinski definition) is 3. The molecule has 1 aromatic heterocycles. The van der Waals surface area contributed by atoms with E-state index in [1.807, 2.05) is 6.07 Å². The van der Waals surface area contributed by atoms with E-state index in [9.17, 15) is 0 Å². The number of rotatable bonds is 3. The zero-order chi connectivity index (χ0) is 20.1. The van der Waals surface area contributed by atoms with Gasteiger partial charge in [0.15, 0.2) is 5.82 Å². The van der Waals surface area contributed by atoms with Crippen molar-refractivity contribution in [3.63, 3.8) is 0 Å². The second-order valence-electron chi connectivity index (χ2n) is 9.32. The molecule has 1 N–H and O–H groups in total. The fourth-order valence-electron chi connectivity index (χ4n) is 4.34. The fraction of sp³-hybridized carbons (Fsp3) is 0.375. The highest BCUT2D eigenvalue weighted by Gasteiger charge is 2.37. The number of H-pyrrole nitrogens is 1. The van der Waals surface area contributed by atoms with Crippen molar-refractivity contribution in [3.05, 3.63) is 59.7 Å². The van der Waals surface area contributed by atoms with E-state index in [2.05, 4.69) is 92.2 Å². The van der Waals surface area contributed by atoms with Crippen LogP contribution in [0, 0.1) is 0 Å². The van der Waals surface area contributed by atoms with Gasteiger partial charge >= 0.3 is 0 Å². The minimum Gasteiger partial charge on any atom is -0.239 e. The first-order valence-electron chi connectivity index (χ1n) is 9.88. The second kappa shape index (κ2) is 6.40. The van der Waals surface area contributed by atoms with Crippen molar-refractivity contribution in [1.82, 2.24) is 20.6 Å². The zero-order valence-corrected chi connectivity index (χ0v) is 17.4. The minimum absolute atomic E-state index is 0.177. The molecule has 0 radical (unpaired) electrons. The van der Waals surface area contributed by atoms with Gasteiger partial charge in [-0.2, -0.15) is 0 Å². The summed E-state index contributed by atoms with van der Waals surface area (Å²) in [5.74, 6) is 0.675. The first kappa shape index (κ1) is 18.6. The molecule has 28 heavy (non-hydrogen) atoms. The maximum absolute atomic E-state index is 4.19. The van der Waals surface area contributed by atoms with E-state index >= 15 is 0 Å². The molecule has 2 aromatic carbocycles. The molecule has 3 aromatic rings. The summed E-state index contributed by atoms with van der Waals surface area (Å²) in [6.45, 7) is 15.7. The van der Waals surface area contributed by atoms with Crippen molar-refractivity contribution >= 4 is 5.57 Å². The number of benzene rings is 2. The van der Waals surface area contributed by atoms with Gasteiger partial charge in [-0.15, -0.1) is 5.10 Å². The quantitative estimate of drug-likeness (QED) is 0.621. The standard InChI is InChI=1S/C24H28N4/c1-15(2)18-9-7-17(22-25-27-28-26-22)13-19(18)16-8-10-20-21(14-16)24(5,6)12-11-23(20,3)4/h7-10,13-14H,1,11-12H2,2-6H3,(H,25,26,27,28). The highest BCUT2D eigenvalue weighted by atomic mass is 15.5. The van der Waals surface area contributed by atoms with Crippen LogP contribution >= 0.6 is 0 Å². The van der Waals surface area contributed by atoms with Crippen LogP contribution < -0.4 is 0 Å². The number of tetrazole rings is 1. The van der Waals surface area contributed by atoms with Gasteiger partial charge in [0.05, 0.1) is 0 Å². The molecule has 0 saturated heterocycles. The van der Waals surface area contributed by atoms with Crippen molar-refractivity contribution in [3.8, 4) is 22.5 Å². The van der Waals surface area contributed by atoms with Crippen LogP contribution in [0.4, 0.5) is 0 Å². The van der Waals surface area contributed by atoms with Crippen molar-refractivity contribution in [2.75, 3.05) is 0 Å². The molecule has 1 aliphatic rings. The summed E-state index contributed by atoms with van der Waals surface area (Å²) < 4.78 is 0. The van der Waals surface area contributed by atoms with Crippen LogP contribution in [0.2, 0.25) is 0 Å². The van der Waals surface area contributed by atoms with E-state index in [1.165, 1.54) is 35.1 Å². The molecular formula is C24H28N4. The van der Waals surface area contributed by atoms with Crippen LogP contribution in [0.3, 0.4) is 0 Å². The highest BCUT2D eigenvalue weighted by Crippen LogP contribution is 2.47. The molecule has 4 rings (SSSR count). The summed E-state index contributed by atoms with van der Waals surface area (Å²) in [4.78, 5) is 0. The number of nitrogens with zero attached hydrogens (tertiary/aromatic N) is 3. The molecular weight excluding hydrogens is 344 g/mol. The summed E-state index contributed by atoms with van der Waals surface area (Å²) in [5, 5.41) is 14.4. The molecule has 1 heterocycles. The lowest BCUT2D eigenvalue weighted by molar-refractivity contribution is 0.332. The van der Waals surface area contributed by atoms with Gasteiger partial charge in [-0.3, -0.25) is 0 Å². The number of allylic oxidation sites excluding steroid dienone is 1. The number of aromatic amines is 1. The Morgan fingerprint density at radius 2 is 1.61 bits per heavy atom. The number of fused-ring (bicyclic) bond motifs is 1. The third-order valence-corrected chi connectivity index (χ3v) is 6.26. The van der Waals surface area contributed by atoms with Gasteiger partial charge in [-0.25, -0.2) is 5.10 Å². The summed E-state index contributed by atoms with van der Waals surface area (Å²) in [6.07, 6.45) is 2.42. The average molecular weight is 373 g/mol. The van der Waals surface area contributed by atoms with E-state index in [1.54, 1.807) is 0 Å². The van der Waals surface area contributed by atoms with Crippen molar-refractivity contribution in [1.29, 1.82) is 0 Å². The van der Waals surface area contributed by atoms with E-state index in [0.717, 1.165) is 16.7 Å². The summed E-state index contributed by atoms with van der Waals surface area (Å²) in [5.41, 5.74) is 8.90. The van der Waals surface area contributed by atoms with Gasteiger partial charge in [-0.05, 0) is 74.9 Å². The third kappa shape index (κ3) is 3.07. The Labute approximate surface area is 167 Å². The van der Waals surface area contributed by atoms with Crippen molar-refractivity contribution < 1.29 is 0 Å². The lowest BCUT2D eigenvalue weighted by Gasteiger charge is -2.42. The lowest BCUT2D eigenvalue weighted by atomic mass is 9.63. The van der Waals surface area contributed by atoms with Crippen molar-refractivity contribution in [2.45, 2.75) is 58.3 Å². The third-order valence-electron chi connectivity index (χ3n) is 6.26. The summed E-state index contributed by atoms with van der Waals surface area (Å²) >= 11 is 0. The van der Waals surface area contributed by atoms with Crippen LogP contribution in [0.25, 0.3) is 28.1 Å². The van der Waals surface area contributed by atoms with Crippen LogP contribution in [0.1, 0.15) is 64.2 Å². The molecule has 0 fully saturated rings. The molecule has 0 saturated carbocycles. The number of hydrogen-bond donors (Lipinski definition) is 1. The highest BCUT2D eigenvalue weighted by molar-refractivity contribution is 5.83. The smallest absolute Gasteiger partial charge is 0.179 e. The summed E-state index contributed by atoms with van der Waals surface area (Å²) in [7, 11) is 0. The maximum Gasteiger partial charge on any atom is 0.179 e. The van der Waals surface area contributed by atoms with E-state index in [0.29, 0.717) is 5.82 Å². The van der Waals surface area contributed by atoms with Gasteiger partial charge in [0.1, 0.15) is 0 Å². The first-order valence-corrected chi connectivity index (χ1v) is 9.88. The second-order valence-corrected chi connectivity index (χ2v) is 9.32.